The Morgan fingerprint density at radius 3 is 2.47 bits per heavy atom. The van der Waals surface area contributed by atoms with E-state index in [0.29, 0.717) is 19.3 Å². The highest BCUT2D eigenvalue weighted by atomic mass is 16.2. The predicted octanol–water partition coefficient (Wildman–Crippen LogP) is 2.99. The van der Waals surface area contributed by atoms with E-state index < -0.39 is 5.41 Å². The molecule has 2 aliphatic carbocycles. The number of allylic oxidation sites excluding steroid dienone is 1. The smallest absolute Gasteiger partial charge is 0.151 e. The molecule has 1 fully saturated rings. The van der Waals surface area contributed by atoms with Gasteiger partial charge in [0.05, 0.1) is 0 Å². The Morgan fingerprint density at radius 2 is 1.84 bits per heavy atom. The zero-order valence-electron chi connectivity index (χ0n) is 11.2. The summed E-state index contributed by atoms with van der Waals surface area (Å²) < 4.78 is 0. The lowest BCUT2D eigenvalue weighted by molar-refractivity contribution is -0.139. The summed E-state index contributed by atoms with van der Waals surface area (Å²) in [6.45, 7) is 5.97. The minimum absolute atomic E-state index is 0.0507. The van der Waals surface area contributed by atoms with Crippen molar-refractivity contribution in [1.82, 2.24) is 0 Å². The highest BCUT2D eigenvalue weighted by molar-refractivity contribution is 6.15. The van der Waals surface area contributed by atoms with Gasteiger partial charge in [0.1, 0.15) is 5.41 Å². The first-order chi connectivity index (χ1) is 9.08. The molecule has 1 spiro atoms. The third-order valence-electron chi connectivity index (χ3n) is 4.67. The van der Waals surface area contributed by atoms with Gasteiger partial charge in [-0.3, -0.25) is 9.59 Å². The van der Waals surface area contributed by atoms with Crippen LogP contribution in [-0.2, 0) is 21.4 Å². The lowest BCUT2D eigenvalue weighted by Gasteiger charge is -2.37. The molecule has 0 aromatic heterocycles. The van der Waals surface area contributed by atoms with Gasteiger partial charge in [0.2, 0.25) is 0 Å². The molecule has 19 heavy (non-hydrogen) atoms. The maximum atomic E-state index is 12.6. The lowest BCUT2D eigenvalue weighted by Crippen LogP contribution is -2.50. The van der Waals surface area contributed by atoms with E-state index >= 15 is 0 Å². The number of carbonyl (C=O) groups excluding carboxylic acids is 2. The van der Waals surface area contributed by atoms with E-state index in [1.807, 2.05) is 31.2 Å². The average molecular weight is 254 g/mol. The Hall–Kier alpha value is -1.70. The second-order valence-electron chi connectivity index (χ2n) is 5.77. The van der Waals surface area contributed by atoms with Crippen LogP contribution in [0, 0.1) is 5.92 Å². The largest absolute Gasteiger partial charge is 0.298 e. The average Bonchev–Trinajstić information content (AvgIpc) is 2.73. The number of carbonyl (C=O) groups is 2. The molecule has 0 heterocycles. The molecule has 0 amide bonds. The molecule has 0 saturated heterocycles. The first kappa shape index (κ1) is 12.3. The molecule has 1 unspecified atom stereocenters. The summed E-state index contributed by atoms with van der Waals surface area (Å²) in [5.41, 5.74) is 2.11. The molecule has 0 bridgehead atoms. The predicted molar refractivity (Wildman–Crippen MR) is 74.0 cm³/mol. The van der Waals surface area contributed by atoms with Crippen molar-refractivity contribution in [2.75, 3.05) is 0 Å². The van der Waals surface area contributed by atoms with Crippen LogP contribution in [0.5, 0.6) is 0 Å². The van der Waals surface area contributed by atoms with Crippen molar-refractivity contribution in [3.05, 3.63) is 47.5 Å². The van der Waals surface area contributed by atoms with E-state index in [1.165, 1.54) is 0 Å². The van der Waals surface area contributed by atoms with E-state index in [9.17, 15) is 9.59 Å². The molecule has 1 aromatic rings. The normalized spacial score (nSPS) is 24.6. The van der Waals surface area contributed by atoms with E-state index in [0.717, 1.165) is 23.1 Å². The van der Waals surface area contributed by atoms with Crippen LogP contribution in [0.25, 0.3) is 0 Å². The first-order valence-corrected chi connectivity index (χ1v) is 6.89. The number of fused-ring (bicyclic) bond motifs is 2. The highest BCUT2D eigenvalue weighted by Gasteiger charge is 2.57. The second-order valence-corrected chi connectivity index (χ2v) is 5.77. The summed E-state index contributed by atoms with van der Waals surface area (Å²) in [7, 11) is 0. The fraction of sp³-hybridized carbons (Fsp3) is 0.412. The van der Waals surface area contributed by atoms with Crippen LogP contribution in [0.15, 0.2) is 36.4 Å². The number of hydrogen-bond acceptors (Lipinski definition) is 2. The molecule has 0 radical (unpaired) electrons. The fourth-order valence-corrected chi connectivity index (χ4v) is 3.84. The summed E-state index contributed by atoms with van der Waals surface area (Å²) in [5, 5.41) is 0. The topological polar surface area (TPSA) is 34.1 Å². The zero-order valence-corrected chi connectivity index (χ0v) is 11.2. The van der Waals surface area contributed by atoms with Crippen molar-refractivity contribution in [3.63, 3.8) is 0 Å². The van der Waals surface area contributed by atoms with Crippen LogP contribution in [-0.4, -0.2) is 11.6 Å². The third kappa shape index (κ3) is 1.49. The van der Waals surface area contributed by atoms with Gasteiger partial charge in [-0.15, -0.1) is 0 Å². The van der Waals surface area contributed by atoms with Gasteiger partial charge < -0.3 is 0 Å². The summed E-state index contributed by atoms with van der Waals surface area (Å²) >= 11 is 0. The molecular formula is C17H18O2. The van der Waals surface area contributed by atoms with Crippen molar-refractivity contribution in [1.29, 1.82) is 0 Å². The zero-order chi connectivity index (χ0) is 13.6. The first-order valence-electron chi connectivity index (χ1n) is 6.89. The van der Waals surface area contributed by atoms with Gasteiger partial charge in [-0.05, 0) is 30.9 Å². The van der Waals surface area contributed by atoms with Gasteiger partial charge in [-0.1, -0.05) is 36.4 Å². The number of Topliss-reactive ketones (excluding diaryl/α,β-unsaturated/α-hetero) is 2. The lowest BCUT2D eigenvalue weighted by atomic mass is 9.62. The van der Waals surface area contributed by atoms with Gasteiger partial charge in [0, 0.05) is 18.8 Å². The van der Waals surface area contributed by atoms with Gasteiger partial charge >= 0.3 is 0 Å². The Labute approximate surface area is 113 Å². The van der Waals surface area contributed by atoms with E-state index in [2.05, 4.69) is 6.58 Å². The molecule has 2 heteroatoms. The maximum Gasteiger partial charge on any atom is 0.151 e. The molecule has 1 atom stereocenters. The van der Waals surface area contributed by atoms with Gasteiger partial charge in [-0.2, -0.15) is 0 Å². The maximum absolute atomic E-state index is 12.6. The number of benzene rings is 1. The molecule has 1 saturated carbocycles. The highest BCUT2D eigenvalue weighted by Crippen LogP contribution is 2.50. The minimum atomic E-state index is -0.916. The monoisotopic (exact) mass is 254 g/mol. The molecule has 98 valence electrons. The second kappa shape index (κ2) is 4.16. The number of rotatable bonds is 1. The SMILES string of the molecule is C=C(C)C1Cc2ccccc2C12C(=O)CCCC2=O. The fourth-order valence-electron chi connectivity index (χ4n) is 3.84. The third-order valence-corrected chi connectivity index (χ3v) is 4.67. The van der Waals surface area contributed by atoms with Crippen molar-refractivity contribution in [2.24, 2.45) is 5.92 Å². The molecular weight excluding hydrogens is 236 g/mol. The summed E-state index contributed by atoms with van der Waals surface area (Å²) in [6.07, 6.45) is 2.50. The minimum Gasteiger partial charge on any atom is -0.298 e. The van der Waals surface area contributed by atoms with Crippen LogP contribution < -0.4 is 0 Å². The van der Waals surface area contributed by atoms with Crippen molar-refractivity contribution >= 4 is 11.6 Å². The number of ketones is 2. The van der Waals surface area contributed by atoms with Crippen LogP contribution >= 0.6 is 0 Å². The Morgan fingerprint density at radius 1 is 1.21 bits per heavy atom. The Balaban J connectivity index is 2.27. The van der Waals surface area contributed by atoms with Crippen LogP contribution in [0.2, 0.25) is 0 Å². The van der Waals surface area contributed by atoms with E-state index in [-0.39, 0.29) is 17.5 Å². The molecule has 2 nitrogen and oxygen atoms in total. The van der Waals surface area contributed by atoms with E-state index in [1.54, 1.807) is 0 Å². The van der Waals surface area contributed by atoms with Crippen LogP contribution in [0.1, 0.15) is 37.3 Å². The molecule has 2 aliphatic rings. The quantitative estimate of drug-likeness (QED) is 0.570. The number of hydrogen-bond donors (Lipinski definition) is 0. The van der Waals surface area contributed by atoms with E-state index in [4.69, 9.17) is 0 Å². The molecule has 3 rings (SSSR count). The standard InChI is InChI=1S/C17H18O2/c1-11(2)14-10-12-6-3-4-7-13(12)17(14)15(18)8-5-9-16(17)19/h3-4,6-7,14H,1,5,8-10H2,2H3. The molecule has 1 aromatic carbocycles. The molecule has 0 aliphatic heterocycles. The molecule has 0 N–H and O–H groups in total. The van der Waals surface area contributed by atoms with Gasteiger partial charge in [-0.25, -0.2) is 0 Å². The van der Waals surface area contributed by atoms with Crippen LogP contribution in [0.4, 0.5) is 0 Å². The summed E-state index contributed by atoms with van der Waals surface area (Å²) in [6, 6.07) is 7.90. The Bertz CT molecular complexity index is 567. The van der Waals surface area contributed by atoms with Gasteiger partial charge in [0.25, 0.3) is 0 Å². The summed E-state index contributed by atoms with van der Waals surface area (Å²) in [4.78, 5) is 25.3. The summed E-state index contributed by atoms with van der Waals surface area (Å²) in [5.74, 6) is 0.147. The van der Waals surface area contributed by atoms with Crippen molar-refractivity contribution in [3.8, 4) is 0 Å². The Kier molecular flexibility index (Phi) is 2.70. The van der Waals surface area contributed by atoms with Gasteiger partial charge in [0.15, 0.2) is 11.6 Å². The van der Waals surface area contributed by atoms with Crippen molar-refractivity contribution < 1.29 is 9.59 Å². The van der Waals surface area contributed by atoms with Crippen LogP contribution in [0.3, 0.4) is 0 Å². The van der Waals surface area contributed by atoms with Crippen molar-refractivity contribution in [2.45, 2.75) is 38.0 Å².